The number of nitrogens with one attached hydrogen (secondary N) is 1. The van der Waals surface area contributed by atoms with Gasteiger partial charge in [0.1, 0.15) is 11.4 Å². The Morgan fingerprint density at radius 2 is 1.95 bits per heavy atom. The van der Waals surface area contributed by atoms with Crippen molar-refractivity contribution in [2.24, 2.45) is 0 Å². The van der Waals surface area contributed by atoms with Gasteiger partial charge in [-0.05, 0) is 30.3 Å². The molecule has 2 rings (SSSR count). The van der Waals surface area contributed by atoms with Gasteiger partial charge in [0.25, 0.3) is 5.91 Å². The second-order valence-electron chi connectivity index (χ2n) is 4.16. The SMILES string of the molecule is Nc1ccc(C(=O)Nc2cccc(Cl)c2C(=O)O)cc1F. The van der Waals surface area contributed by atoms with Crippen LogP contribution in [0.1, 0.15) is 20.7 Å². The summed E-state index contributed by atoms with van der Waals surface area (Å²) in [6, 6.07) is 7.83. The zero-order valence-corrected chi connectivity index (χ0v) is 11.3. The number of rotatable bonds is 3. The fourth-order valence-electron chi connectivity index (χ4n) is 1.71. The molecule has 108 valence electrons. The summed E-state index contributed by atoms with van der Waals surface area (Å²) in [7, 11) is 0. The maximum Gasteiger partial charge on any atom is 0.339 e. The van der Waals surface area contributed by atoms with Gasteiger partial charge in [0.2, 0.25) is 0 Å². The van der Waals surface area contributed by atoms with Gasteiger partial charge in [-0.15, -0.1) is 0 Å². The van der Waals surface area contributed by atoms with Crippen LogP contribution in [0.25, 0.3) is 0 Å². The molecular weight excluding hydrogens is 299 g/mol. The molecule has 7 heteroatoms. The molecule has 0 heterocycles. The van der Waals surface area contributed by atoms with E-state index in [9.17, 15) is 14.0 Å². The number of benzene rings is 2. The Morgan fingerprint density at radius 3 is 2.57 bits per heavy atom. The number of anilines is 2. The lowest BCUT2D eigenvalue weighted by molar-refractivity contribution is 0.0698. The molecule has 0 unspecified atom stereocenters. The van der Waals surface area contributed by atoms with Crippen LogP contribution < -0.4 is 11.1 Å². The Kier molecular flexibility index (Phi) is 4.09. The van der Waals surface area contributed by atoms with Crippen molar-refractivity contribution in [1.29, 1.82) is 0 Å². The second kappa shape index (κ2) is 5.80. The number of nitrogen functional groups attached to an aromatic ring is 1. The summed E-state index contributed by atoms with van der Waals surface area (Å²) < 4.78 is 13.3. The molecule has 0 spiro atoms. The molecule has 1 amide bonds. The van der Waals surface area contributed by atoms with Crippen molar-refractivity contribution in [2.75, 3.05) is 11.1 Å². The fourth-order valence-corrected chi connectivity index (χ4v) is 1.96. The van der Waals surface area contributed by atoms with E-state index in [1.54, 1.807) is 0 Å². The van der Waals surface area contributed by atoms with E-state index in [1.807, 2.05) is 0 Å². The zero-order chi connectivity index (χ0) is 15.6. The smallest absolute Gasteiger partial charge is 0.339 e. The molecular formula is C14H10ClFN2O3. The summed E-state index contributed by atoms with van der Waals surface area (Å²) in [6.07, 6.45) is 0. The molecule has 0 saturated carbocycles. The van der Waals surface area contributed by atoms with E-state index in [0.29, 0.717) is 0 Å². The Labute approximate surface area is 124 Å². The van der Waals surface area contributed by atoms with Crippen molar-refractivity contribution in [3.8, 4) is 0 Å². The van der Waals surface area contributed by atoms with Crippen molar-refractivity contribution in [2.45, 2.75) is 0 Å². The lowest BCUT2D eigenvalue weighted by atomic mass is 10.1. The topological polar surface area (TPSA) is 92.4 Å². The van der Waals surface area contributed by atoms with E-state index >= 15 is 0 Å². The molecule has 0 radical (unpaired) electrons. The van der Waals surface area contributed by atoms with Crippen LogP contribution in [-0.4, -0.2) is 17.0 Å². The minimum Gasteiger partial charge on any atom is -0.478 e. The maximum atomic E-state index is 13.3. The Hall–Kier alpha value is -2.60. The Bertz CT molecular complexity index is 734. The highest BCUT2D eigenvalue weighted by Gasteiger charge is 2.17. The summed E-state index contributed by atoms with van der Waals surface area (Å²) in [5, 5.41) is 11.5. The molecule has 0 aliphatic carbocycles. The van der Waals surface area contributed by atoms with E-state index in [0.717, 1.165) is 6.07 Å². The van der Waals surface area contributed by atoms with Crippen LogP contribution in [0.4, 0.5) is 15.8 Å². The van der Waals surface area contributed by atoms with E-state index < -0.39 is 17.7 Å². The normalized spacial score (nSPS) is 10.2. The minimum absolute atomic E-state index is 0.0104. The van der Waals surface area contributed by atoms with Gasteiger partial charge >= 0.3 is 5.97 Å². The monoisotopic (exact) mass is 308 g/mol. The third-order valence-electron chi connectivity index (χ3n) is 2.74. The number of halogens is 2. The maximum absolute atomic E-state index is 13.3. The molecule has 0 atom stereocenters. The molecule has 5 nitrogen and oxygen atoms in total. The number of carboxylic acids is 1. The molecule has 0 aliphatic rings. The summed E-state index contributed by atoms with van der Waals surface area (Å²) in [5.74, 6) is -2.68. The van der Waals surface area contributed by atoms with Crippen LogP contribution in [0.3, 0.4) is 0 Å². The average Bonchev–Trinajstić information content (AvgIpc) is 2.41. The van der Waals surface area contributed by atoms with Crippen molar-refractivity contribution < 1.29 is 19.1 Å². The quantitative estimate of drug-likeness (QED) is 0.760. The standard InChI is InChI=1S/C14H10ClFN2O3/c15-8-2-1-3-11(12(8)14(20)21)18-13(19)7-4-5-10(17)9(16)6-7/h1-6H,17H2,(H,18,19)(H,20,21). The summed E-state index contributed by atoms with van der Waals surface area (Å²) >= 11 is 5.79. The van der Waals surface area contributed by atoms with Gasteiger partial charge in [0.15, 0.2) is 0 Å². The van der Waals surface area contributed by atoms with E-state index in [1.165, 1.54) is 30.3 Å². The van der Waals surface area contributed by atoms with E-state index in [-0.39, 0.29) is 27.5 Å². The second-order valence-corrected chi connectivity index (χ2v) is 4.57. The molecule has 0 bridgehead atoms. The van der Waals surface area contributed by atoms with Gasteiger partial charge in [0, 0.05) is 5.56 Å². The third kappa shape index (κ3) is 3.11. The predicted molar refractivity (Wildman–Crippen MR) is 77.2 cm³/mol. The molecule has 0 aliphatic heterocycles. The van der Waals surface area contributed by atoms with Crippen molar-refractivity contribution in [3.05, 3.63) is 58.4 Å². The molecule has 2 aromatic rings. The number of carboxylic acid groups (broad SMARTS) is 1. The van der Waals surface area contributed by atoms with Gasteiger partial charge in [-0.3, -0.25) is 4.79 Å². The summed E-state index contributed by atoms with van der Waals surface area (Å²) in [6.45, 7) is 0. The number of hydrogen-bond donors (Lipinski definition) is 3. The third-order valence-corrected chi connectivity index (χ3v) is 3.05. The van der Waals surface area contributed by atoms with Gasteiger partial charge in [-0.25, -0.2) is 9.18 Å². The molecule has 0 aromatic heterocycles. The first-order valence-corrected chi connectivity index (χ1v) is 6.16. The first-order valence-electron chi connectivity index (χ1n) is 5.78. The van der Waals surface area contributed by atoms with Gasteiger partial charge in [-0.2, -0.15) is 0 Å². The highest BCUT2D eigenvalue weighted by atomic mass is 35.5. The van der Waals surface area contributed by atoms with Crippen molar-refractivity contribution >= 4 is 34.9 Å². The number of aromatic carboxylic acids is 1. The molecule has 21 heavy (non-hydrogen) atoms. The summed E-state index contributed by atoms with van der Waals surface area (Å²) in [4.78, 5) is 23.2. The van der Waals surface area contributed by atoms with Crippen LogP contribution in [0.2, 0.25) is 5.02 Å². The Balaban J connectivity index is 2.34. The number of carbonyl (C=O) groups excluding carboxylic acids is 1. The zero-order valence-electron chi connectivity index (χ0n) is 10.6. The van der Waals surface area contributed by atoms with Crippen LogP contribution in [0.5, 0.6) is 0 Å². The molecule has 4 N–H and O–H groups in total. The van der Waals surface area contributed by atoms with Gasteiger partial charge in [0.05, 0.1) is 16.4 Å². The molecule has 0 saturated heterocycles. The van der Waals surface area contributed by atoms with Crippen molar-refractivity contribution in [3.63, 3.8) is 0 Å². The van der Waals surface area contributed by atoms with Crippen molar-refractivity contribution in [1.82, 2.24) is 0 Å². The van der Waals surface area contributed by atoms with E-state index in [2.05, 4.69) is 5.32 Å². The molecule has 0 fully saturated rings. The first-order chi connectivity index (χ1) is 9.90. The average molecular weight is 309 g/mol. The van der Waals surface area contributed by atoms with Crippen LogP contribution in [0, 0.1) is 5.82 Å². The fraction of sp³-hybridized carbons (Fsp3) is 0. The largest absolute Gasteiger partial charge is 0.478 e. The van der Waals surface area contributed by atoms with Crippen LogP contribution >= 0.6 is 11.6 Å². The number of hydrogen-bond acceptors (Lipinski definition) is 3. The number of nitrogens with two attached hydrogens (primary N) is 1. The highest BCUT2D eigenvalue weighted by Crippen LogP contribution is 2.25. The van der Waals surface area contributed by atoms with Crippen LogP contribution in [-0.2, 0) is 0 Å². The molecule has 2 aromatic carbocycles. The number of carbonyl (C=O) groups is 2. The predicted octanol–water partition coefficient (Wildman–Crippen LogP) is 3.01. The number of amides is 1. The van der Waals surface area contributed by atoms with Gasteiger partial charge in [-0.1, -0.05) is 17.7 Å². The lowest BCUT2D eigenvalue weighted by Gasteiger charge is -2.10. The summed E-state index contributed by atoms with van der Waals surface area (Å²) in [5.41, 5.74) is 5.04. The highest BCUT2D eigenvalue weighted by molar-refractivity contribution is 6.34. The van der Waals surface area contributed by atoms with Crippen LogP contribution in [0.15, 0.2) is 36.4 Å². The first kappa shape index (κ1) is 14.8. The van der Waals surface area contributed by atoms with E-state index in [4.69, 9.17) is 22.4 Å². The lowest BCUT2D eigenvalue weighted by Crippen LogP contribution is -2.15. The van der Waals surface area contributed by atoms with Gasteiger partial charge < -0.3 is 16.2 Å². The minimum atomic E-state index is -1.28. The Morgan fingerprint density at radius 1 is 1.24 bits per heavy atom.